The van der Waals surface area contributed by atoms with Gasteiger partial charge in [0.05, 0.1) is 0 Å². The van der Waals surface area contributed by atoms with Crippen LogP contribution in [0.2, 0.25) is 0 Å². The molecular formula is C5H11Cl2N3. The minimum atomic E-state index is 0. The molecule has 0 saturated carbocycles. The fourth-order valence-electron chi connectivity index (χ4n) is 0.878. The fraction of sp³-hybridized carbons (Fsp3) is 0.800. The SMILES string of the molecule is Cl.Cl.N#CN1CC[C@@H](N)C1. The second-order valence-electron chi connectivity index (χ2n) is 2.09. The van der Waals surface area contributed by atoms with Crippen molar-refractivity contribution in [1.82, 2.24) is 4.90 Å². The van der Waals surface area contributed by atoms with Crippen LogP contribution in [-0.2, 0) is 0 Å². The molecule has 10 heavy (non-hydrogen) atoms. The van der Waals surface area contributed by atoms with Crippen molar-refractivity contribution >= 4 is 24.8 Å². The van der Waals surface area contributed by atoms with Crippen LogP contribution in [-0.4, -0.2) is 24.0 Å². The van der Waals surface area contributed by atoms with Gasteiger partial charge in [-0.15, -0.1) is 24.8 Å². The van der Waals surface area contributed by atoms with Crippen molar-refractivity contribution in [3.05, 3.63) is 0 Å². The zero-order chi connectivity index (χ0) is 5.98. The number of halogens is 2. The minimum absolute atomic E-state index is 0. The lowest BCUT2D eigenvalue weighted by Crippen LogP contribution is -2.23. The van der Waals surface area contributed by atoms with E-state index in [-0.39, 0.29) is 30.9 Å². The van der Waals surface area contributed by atoms with E-state index in [0.717, 1.165) is 19.5 Å². The van der Waals surface area contributed by atoms with Gasteiger partial charge in [0.25, 0.3) is 0 Å². The van der Waals surface area contributed by atoms with Gasteiger partial charge in [-0.1, -0.05) is 0 Å². The van der Waals surface area contributed by atoms with Gasteiger partial charge in [0.15, 0.2) is 6.19 Å². The molecule has 1 aliphatic heterocycles. The Hall–Kier alpha value is -0.170. The van der Waals surface area contributed by atoms with E-state index in [0.29, 0.717) is 0 Å². The van der Waals surface area contributed by atoms with E-state index in [9.17, 15) is 0 Å². The first-order valence-corrected chi connectivity index (χ1v) is 2.73. The van der Waals surface area contributed by atoms with E-state index < -0.39 is 0 Å². The van der Waals surface area contributed by atoms with Gasteiger partial charge in [0, 0.05) is 19.1 Å². The number of likely N-dealkylation sites (tertiary alicyclic amines) is 1. The Balaban J connectivity index is 0. The minimum Gasteiger partial charge on any atom is -0.326 e. The second-order valence-corrected chi connectivity index (χ2v) is 2.09. The second kappa shape index (κ2) is 5.60. The Bertz CT molecular complexity index is 123. The summed E-state index contributed by atoms with van der Waals surface area (Å²) in [6.45, 7) is 1.59. The normalized spacial score (nSPS) is 22.4. The van der Waals surface area contributed by atoms with Gasteiger partial charge in [-0.2, -0.15) is 5.26 Å². The fourth-order valence-corrected chi connectivity index (χ4v) is 0.878. The molecule has 0 amide bonds. The van der Waals surface area contributed by atoms with E-state index >= 15 is 0 Å². The topological polar surface area (TPSA) is 53.0 Å². The monoisotopic (exact) mass is 183 g/mol. The maximum absolute atomic E-state index is 8.30. The Morgan fingerprint density at radius 2 is 2.10 bits per heavy atom. The van der Waals surface area contributed by atoms with Crippen LogP contribution < -0.4 is 5.73 Å². The predicted octanol–water partition coefficient (Wildman–Crippen LogP) is 0.344. The molecule has 1 fully saturated rings. The average molecular weight is 184 g/mol. The third kappa shape index (κ3) is 3.11. The van der Waals surface area contributed by atoms with Gasteiger partial charge in [-0.3, -0.25) is 0 Å². The van der Waals surface area contributed by atoms with E-state index in [1.54, 1.807) is 4.90 Å². The quantitative estimate of drug-likeness (QED) is 0.552. The standard InChI is InChI=1S/C5H9N3.2ClH/c6-4-8-2-1-5(7)3-8;;/h5H,1-3,7H2;2*1H/t5-;;/m1../s1. The van der Waals surface area contributed by atoms with Crippen molar-refractivity contribution in [1.29, 1.82) is 5.26 Å². The highest BCUT2D eigenvalue weighted by atomic mass is 35.5. The summed E-state index contributed by atoms with van der Waals surface area (Å²) >= 11 is 0. The zero-order valence-corrected chi connectivity index (χ0v) is 7.12. The summed E-state index contributed by atoms with van der Waals surface area (Å²) < 4.78 is 0. The Labute approximate surface area is 73.0 Å². The Kier molecular flexibility index (Phi) is 7.00. The number of hydrogen-bond donors (Lipinski definition) is 1. The molecule has 0 aromatic rings. The molecule has 3 nitrogen and oxygen atoms in total. The van der Waals surface area contributed by atoms with Crippen LogP contribution in [0.3, 0.4) is 0 Å². The highest BCUT2D eigenvalue weighted by Gasteiger charge is 2.16. The van der Waals surface area contributed by atoms with Crippen LogP contribution >= 0.6 is 24.8 Å². The van der Waals surface area contributed by atoms with Crippen molar-refractivity contribution in [2.45, 2.75) is 12.5 Å². The van der Waals surface area contributed by atoms with Gasteiger partial charge < -0.3 is 10.6 Å². The number of nitriles is 1. The molecule has 1 aliphatic rings. The van der Waals surface area contributed by atoms with E-state index in [1.165, 1.54) is 0 Å². The average Bonchev–Trinajstić information content (AvgIpc) is 2.14. The van der Waals surface area contributed by atoms with Gasteiger partial charge in [0.1, 0.15) is 0 Å². The molecule has 5 heteroatoms. The molecule has 1 saturated heterocycles. The summed E-state index contributed by atoms with van der Waals surface area (Å²) in [5, 5.41) is 8.30. The van der Waals surface area contributed by atoms with Gasteiger partial charge >= 0.3 is 0 Å². The zero-order valence-electron chi connectivity index (χ0n) is 5.49. The van der Waals surface area contributed by atoms with Crippen LogP contribution in [0.1, 0.15) is 6.42 Å². The summed E-state index contributed by atoms with van der Waals surface area (Å²) in [6, 6.07) is 0.231. The largest absolute Gasteiger partial charge is 0.326 e. The molecule has 1 heterocycles. The summed E-state index contributed by atoms with van der Waals surface area (Å²) in [4.78, 5) is 1.69. The predicted molar refractivity (Wildman–Crippen MR) is 44.3 cm³/mol. The number of hydrogen-bond acceptors (Lipinski definition) is 3. The van der Waals surface area contributed by atoms with E-state index in [2.05, 4.69) is 0 Å². The first-order chi connectivity index (χ1) is 3.83. The molecule has 1 atom stereocenters. The number of nitrogens with zero attached hydrogens (tertiary/aromatic N) is 2. The van der Waals surface area contributed by atoms with Crippen LogP contribution in [0.4, 0.5) is 0 Å². The van der Waals surface area contributed by atoms with Crippen molar-refractivity contribution < 1.29 is 0 Å². The lowest BCUT2D eigenvalue weighted by atomic mass is 10.3. The molecular weight excluding hydrogens is 173 g/mol. The molecule has 0 spiro atoms. The van der Waals surface area contributed by atoms with Crippen LogP contribution in [0.25, 0.3) is 0 Å². The highest BCUT2D eigenvalue weighted by molar-refractivity contribution is 5.85. The maximum atomic E-state index is 8.30. The van der Waals surface area contributed by atoms with Gasteiger partial charge in [0.2, 0.25) is 0 Å². The lowest BCUT2D eigenvalue weighted by molar-refractivity contribution is 0.479. The molecule has 60 valence electrons. The molecule has 2 N–H and O–H groups in total. The molecule has 0 aromatic carbocycles. The summed E-state index contributed by atoms with van der Waals surface area (Å²) in [5.41, 5.74) is 5.51. The van der Waals surface area contributed by atoms with Gasteiger partial charge in [-0.25, -0.2) is 0 Å². The van der Waals surface area contributed by atoms with Crippen LogP contribution in [0.5, 0.6) is 0 Å². The Morgan fingerprint density at radius 3 is 2.30 bits per heavy atom. The maximum Gasteiger partial charge on any atom is 0.179 e. The molecule has 0 unspecified atom stereocenters. The molecule has 0 bridgehead atoms. The van der Waals surface area contributed by atoms with Crippen molar-refractivity contribution in [3.63, 3.8) is 0 Å². The van der Waals surface area contributed by atoms with E-state index in [4.69, 9.17) is 11.0 Å². The molecule has 1 rings (SSSR count). The first-order valence-electron chi connectivity index (χ1n) is 2.73. The smallest absolute Gasteiger partial charge is 0.179 e. The highest BCUT2D eigenvalue weighted by Crippen LogP contribution is 2.03. The molecule has 0 radical (unpaired) electrons. The number of nitrogens with two attached hydrogens (primary N) is 1. The van der Waals surface area contributed by atoms with Gasteiger partial charge in [-0.05, 0) is 6.42 Å². The van der Waals surface area contributed by atoms with Crippen molar-refractivity contribution in [2.24, 2.45) is 5.73 Å². The third-order valence-electron chi connectivity index (χ3n) is 1.37. The molecule has 0 aliphatic carbocycles. The number of rotatable bonds is 0. The first kappa shape index (κ1) is 12.5. The van der Waals surface area contributed by atoms with E-state index in [1.807, 2.05) is 6.19 Å². The summed E-state index contributed by atoms with van der Waals surface area (Å²) in [6.07, 6.45) is 3.01. The van der Waals surface area contributed by atoms with Crippen molar-refractivity contribution in [3.8, 4) is 6.19 Å². The molecule has 0 aromatic heterocycles. The Morgan fingerprint density at radius 1 is 1.50 bits per heavy atom. The van der Waals surface area contributed by atoms with Crippen molar-refractivity contribution in [2.75, 3.05) is 13.1 Å². The van der Waals surface area contributed by atoms with Crippen LogP contribution in [0.15, 0.2) is 0 Å². The summed E-state index contributed by atoms with van der Waals surface area (Å²) in [5.74, 6) is 0. The summed E-state index contributed by atoms with van der Waals surface area (Å²) in [7, 11) is 0. The van der Waals surface area contributed by atoms with Crippen LogP contribution in [0, 0.1) is 11.5 Å². The lowest BCUT2D eigenvalue weighted by Gasteiger charge is -2.02. The third-order valence-corrected chi connectivity index (χ3v) is 1.37.